The molecule has 1 atom stereocenters. The van der Waals surface area contributed by atoms with Crippen LogP contribution in [0.15, 0.2) is 42.5 Å². The van der Waals surface area contributed by atoms with E-state index in [1.807, 2.05) is 25.2 Å². The Morgan fingerprint density at radius 2 is 1.95 bits per heavy atom. The van der Waals surface area contributed by atoms with Crippen molar-refractivity contribution >= 4 is 0 Å². The molecule has 106 valence electrons. The topological polar surface area (TPSA) is 21.3 Å². The summed E-state index contributed by atoms with van der Waals surface area (Å²) in [6.45, 7) is 2.12. The Morgan fingerprint density at radius 1 is 1.20 bits per heavy atom. The van der Waals surface area contributed by atoms with E-state index in [1.54, 1.807) is 18.2 Å². The fraction of sp³-hybridized carbons (Fsp3) is 0.294. The lowest BCUT2D eigenvalue weighted by Crippen LogP contribution is -2.15. The van der Waals surface area contributed by atoms with E-state index in [9.17, 15) is 4.39 Å². The quantitative estimate of drug-likeness (QED) is 0.882. The number of rotatable bonds is 5. The van der Waals surface area contributed by atoms with Crippen molar-refractivity contribution in [3.05, 3.63) is 53.8 Å². The minimum atomic E-state index is -0.315. The summed E-state index contributed by atoms with van der Waals surface area (Å²) in [6, 6.07) is 13.5. The molecule has 2 aromatic rings. The highest BCUT2D eigenvalue weighted by molar-refractivity contribution is 5.67. The van der Waals surface area contributed by atoms with E-state index < -0.39 is 0 Å². The van der Waals surface area contributed by atoms with Crippen LogP contribution in [-0.2, 0) is 0 Å². The molecule has 0 fully saturated rings. The van der Waals surface area contributed by atoms with Gasteiger partial charge in [0, 0.05) is 11.6 Å². The first-order valence-electron chi connectivity index (χ1n) is 6.81. The summed E-state index contributed by atoms with van der Waals surface area (Å²) < 4.78 is 19.4. The second-order valence-electron chi connectivity index (χ2n) is 4.70. The van der Waals surface area contributed by atoms with E-state index in [0.29, 0.717) is 5.56 Å². The van der Waals surface area contributed by atoms with Gasteiger partial charge in [-0.15, -0.1) is 0 Å². The Hall–Kier alpha value is -1.87. The van der Waals surface area contributed by atoms with E-state index >= 15 is 0 Å². The molecule has 0 aliphatic heterocycles. The van der Waals surface area contributed by atoms with Crippen molar-refractivity contribution in [2.45, 2.75) is 19.4 Å². The molecule has 1 unspecified atom stereocenters. The van der Waals surface area contributed by atoms with Crippen LogP contribution in [0.3, 0.4) is 0 Å². The average molecular weight is 273 g/mol. The van der Waals surface area contributed by atoms with Gasteiger partial charge in [-0.1, -0.05) is 37.3 Å². The molecule has 2 aromatic carbocycles. The lowest BCUT2D eigenvalue weighted by Gasteiger charge is -2.16. The average Bonchev–Trinajstić information content (AvgIpc) is 2.49. The van der Waals surface area contributed by atoms with Gasteiger partial charge in [0.2, 0.25) is 0 Å². The molecule has 20 heavy (non-hydrogen) atoms. The van der Waals surface area contributed by atoms with E-state index in [4.69, 9.17) is 4.74 Å². The number of hydrogen-bond donors (Lipinski definition) is 1. The maximum atomic E-state index is 14.3. The van der Waals surface area contributed by atoms with Crippen molar-refractivity contribution in [1.82, 2.24) is 5.32 Å². The van der Waals surface area contributed by atoms with Crippen LogP contribution in [0.5, 0.6) is 5.75 Å². The summed E-state index contributed by atoms with van der Waals surface area (Å²) in [7, 11) is 3.42. The summed E-state index contributed by atoms with van der Waals surface area (Å²) in [5.41, 5.74) is 2.60. The van der Waals surface area contributed by atoms with Gasteiger partial charge >= 0.3 is 0 Å². The molecule has 0 aliphatic rings. The predicted molar refractivity (Wildman–Crippen MR) is 80.5 cm³/mol. The summed E-state index contributed by atoms with van der Waals surface area (Å²) in [5.74, 6) is -0.0433. The molecular formula is C17H20FNO. The zero-order valence-corrected chi connectivity index (χ0v) is 12.1. The second-order valence-corrected chi connectivity index (χ2v) is 4.70. The molecule has 0 saturated heterocycles. The van der Waals surface area contributed by atoms with E-state index in [-0.39, 0.29) is 17.6 Å². The molecule has 0 amide bonds. The van der Waals surface area contributed by atoms with Crippen LogP contribution in [0.4, 0.5) is 4.39 Å². The van der Waals surface area contributed by atoms with E-state index in [2.05, 4.69) is 18.3 Å². The fourth-order valence-corrected chi connectivity index (χ4v) is 2.42. The summed E-state index contributed by atoms with van der Waals surface area (Å²) in [6.07, 6.45) is 0.987. The Labute approximate surface area is 119 Å². The normalized spacial score (nSPS) is 12.2. The van der Waals surface area contributed by atoms with Gasteiger partial charge in [0.25, 0.3) is 0 Å². The van der Waals surface area contributed by atoms with Crippen LogP contribution in [0.25, 0.3) is 11.1 Å². The molecule has 1 N–H and O–H groups in total. The van der Waals surface area contributed by atoms with Crippen molar-refractivity contribution in [1.29, 1.82) is 0 Å². The zero-order valence-electron chi connectivity index (χ0n) is 12.1. The number of hydrogen-bond acceptors (Lipinski definition) is 2. The van der Waals surface area contributed by atoms with Crippen molar-refractivity contribution in [2.75, 3.05) is 14.2 Å². The molecule has 0 radical (unpaired) electrons. The molecule has 0 aromatic heterocycles. The maximum absolute atomic E-state index is 14.3. The predicted octanol–water partition coefficient (Wildman–Crippen LogP) is 4.17. The maximum Gasteiger partial charge on any atom is 0.172 e. The van der Waals surface area contributed by atoms with Crippen molar-refractivity contribution in [3.63, 3.8) is 0 Å². The van der Waals surface area contributed by atoms with Gasteiger partial charge < -0.3 is 10.1 Å². The molecule has 0 spiro atoms. The van der Waals surface area contributed by atoms with Gasteiger partial charge in [-0.2, -0.15) is 0 Å². The molecule has 2 rings (SSSR count). The third kappa shape index (κ3) is 2.83. The van der Waals surface area contributed by atoms with Gasteiger partial charge in [-0.25, -0.2) is 4.39 Å². The summed E-state index contributed by atoms with van der Waals surface area (Å²) >= 11 is 0. The van der Waals surface area contributed by atoms with Crippen molar-refractivity contribution < 1.29 is 9.13 Å². The van der Waals surface area contributed by atoms with Gasteiger partial charge in [-0.05, 0) is 36.7 Å². The van der Waals surface area contributed by atoms with Crippen LogP contribution in [-0.4, -0.2) is 14.2 Å². The summed E-state index contributed by atoms with van der Waals surface area (Å²) in [4.78, 5) is 0. The van der Waals surface area contributed by atoms with Crippen molar-refractivity contribution in [3.8, 4) is 16.9 Å². The number of benzene rings is 2. The van der Waals surface area contributed by atoms with Crippen molar-refractivity contribution in [2.24, 2.45) is 0 Å². The van der Waals surface area contributed by atoms with E-state index in [1.165, 1.54) is 7.11 Å². The monoisotopic (exact) mass is 273 g/mol. The first kappa shape index (κ1) is 14.5. The van der Waals surface area contributed by atoms with E-state index in [0.717, 1.165) is 17.5 Å². The number of halogens is 1. The lowest BCUT2D eigenvalue weighted by molar-refractivity contribution is 0.387. The largest absolute Gasteiger partial charge is 0.494 e. The standard InChI is InChI=1S/C17H20FNO/c1-4-15(19-2)13-8-5-7-12(11-13)14-9-6-10-16(20-3)17(14)18/h5-11,15,19H,4H2,1-3H3. The first-order chi connectivity index (χ1) is 9.71. The minimum absolute atomic E-state index is 0.272. The van der Waals surface area contributed by atoms with Gasteiger partial charge in [0.1, 0.15) is 0 Å². The molecule has 0 heterocycles. The minimum Gasteiger partial charge on any atom is -0.494 e. The smallest absolute Gasteiger partial charge is 0.172 e. The van der Waals surface area contributed by atoms with Gasteiger partial charge in [-0.3, -0.25) is 0 Å². The highest BCUT2D eigenvalue weighted by Crippen LogP contribution is 2.30. The van der Waals surface area contributed by atoms with Crippen LogP contribution >= 0.6 is 0 Å². The van der Waals surface area contributed by atoms with Gasteiger partial charge in [0.05, 0.1) is 7.11 Å². The third-order valence-electron chi connectivity index (χ3n) is 3.54. The highest BCUT2D eigenvalue weighted by atomic mass is 19.1. The Balaban J connectivity index is 2.46. The zero-order chi connectivity index (χ0) is 14.5. The first-order valence-corrected chi connectivity index (χ1v) is 6.81. The van der Waals surface area contributed by atoms with Crippen LogP contribution in [0.2, 0.25) is 0 Å². The Morgan fingerprint density at radius 3 is 2.60 bits per heavy atom. The van der Waals surface area contributed by atoms with Crippen LogP contribution < -0.4 is 10.1 Å². The number of nitrogens with one attached hydrogen (secondary N) is 1. The third-order valence-corrected chi connectivity index (χ3v) is 3.54. The fourth-order valence-electron chi connectivity index (χ4n) is 2.42. The number of methoxy groups -OCH3 is 1. The highest BCUT2D eigenvalue weighted by Gasteiger charge is 2.12. The molecule has 0 saturated carbocycles. The molecule has 0 aliphatic carbocycles. The molecule has 0 bridgehead atoms. The second kappa shape index (κ2) is 6.53. The number of ether oxygens (including phenoxy) is 1. The van der Waals surface area contributed by atoms with Crippen LogP contribution in [0.1, 0.15) is 24.9 Å². The lowest BCUT2D eigenvalue weighted by atomic mass is 9.98. The van der Waals surface area contributed by atoms with Gasteiger partial charge in [0.15, 0.2) is 11.6 Å². The summed E-state index contributed by atoms with van der Waals surface area (Å²) in [5, 5.41) is 3.27. The SMILES string of the molecule is CCC(NC)c1cccc(-c2cccc(OC)c2F)c1. The Bertz CT molecular complexity index is 579. The molecule has 3 heteroatoms. The Kier molecular flexibility index (Phi) is 4.74. The van der Waals surface area contributed by atoms with Crippen LogP contribution in [0, 0.1) is 5.82 Å². The molecule has 2 nitrogen and oxygen atoms in total. The molecular weight excluding hydrogens is 253 g/mol.